The van der Waals surface area contributed by atoms with Crippen molar-refractivity contribution >= 4 is 38.9 Å². The van der Waals surface area contributed by atoms with E-state index < -0.39 is 5.97 Å². The fraction of sp³-hybridized carbons (Fsp3) is 0.267. The van der Waals surface area contributed by atoms with E-state index >= 15 is 0 Å². The van der Waals surface area contributed by atoms with E-state index in [0.29, 0.717) is 16.1 Å². The van der Waals surface area contributed by atoms with Crippen molar-refractivity contribution in [2.75, 3.05) is 4.90 Å². The lowest BCUT2D eigenvalue weighted by Gasteiger charge is -2.26. The summed E-state index contributed by atoms with van der Waals surface area (Å²) in [6.45, 7) is 0.777. The number of halogens is 1. The van der Waals surface area contributed by atoms with E-state index in [1.165, 1.54) is 4.88 Å². The Labute approximate surface area is 130 Å². The number of rotatable bonds is 5. The number of nitrogens with zero attached hydrogens (tertiary/aromatic N) is 1. The summed E-state index contributed by atoms with van der Waals surface area (Å²) in [4.78, 5) is 15.0. The van der Waals surface area contributed by atoms with E-state index in [9.17, 15) is 9.90 Å². The number of carboxylic acids is 1. The molecule has 20 heavy (non-hydrogen) atoms. The predicted molar refractivity (Wildman–Crippen MR) is 84.6 cm³/mol. The van der Waals surface area contributed by atoms with Gasteiger partial charge in [0.2, 0.25) is 0 Å². The van der Waals surface area contributed by atoms with Gasteiger partial charge in [0.1, 0.15) is 0 Å². The Bertz CT molecular complexity index is 623. The summed E-state index contributed by atoms with van der Waals surface area (Å²) >= 11 is 5.07. The van der Waals surface area contributed by atoms with Gasteiger partial charge >= 0.3 is 5.97 Å². The van der Waals surface area contributed by atoms with Crippen molar-refractivity contribution in [2.45, 2.75) is 25.4 Å². The van der Waals surface area contributed by atoms with Gasteiger partial charge in [-0.3, -0.25) is 0 Å². The minimum absolute atomic E-state index is 0.357. The maximum absolute atomic E-state index is 11.5. The summed E-state index contributed by atoms with van der Waals surface area (Å²) in [5.74, 6) is -0.885. The number of hydrogen-bond donors (Lipinski definition) is 1. The summed E-state index contributed by atoms with van der Waals surface area (Å²) in [5, 5.41) is 11.5. The largest absolute Gasteiger partial charge is 0.478 e. The smallest absolute Gasteiger partial charge is 0.338 e. The number of anilines is 1. The van der Waals surface area contributed by atoms with E-state index in [4.69, 9.17) is 0 Å². The third-order valence-electron chi connectivity index (χ3n) is 3.41. The molecule has 1 aromatic heterocycles. The minimum Gasteiger partial charge on any atom is -0.478 e. The van der Waals surface area contributed by atoms with Crippen LogP contribution < -0.4 is 4.90 Å². The van der Waals surface area contributed by atoms with Crippen LogP contribution in [0.1, 0.15) is 28.1 Å². The first-order valence-corrected chi connectivity index (χ1v) is 8.15. The van der Waals surface area contributed by atoms with Crippen molar-refractivity contribution in [3.8, 4) is 0 Å². The van der Waals surface area contributed by atoms with Gasteiger partial charge in [-0.2, -0.15) is 0 Å². The number of aromatic carboxylic acids is 1. The molecule has 2 aromatic rings. The fourth-order valence-electron chi connectivity index (χ4n) is 2.33. The standard InChI is InChI=1S/C15H14BrNO2S/c16-12-4-1-5-13(14(12)15(18)19)17(10-6-7-10)9-11-3-2-8-20-11/h1-5,8,10H,6-7,9H2,(H,18,19). The van der Waals surface area contributed by atoms with E-state index in [-0.39, 0.29) is 0 Å². The highest BCUT2D eigenvalue weighted by Crippen LogP contribution is 2.37. The maximum Gasteiger partial charge on any atom is 0.338 e. The molecule has 1 heterocycles. The lowest BCUT2D eigenvalue weighted by Crippen LogP contribution is -2.26. The molecule has 3 nitrogen and oxygen atoms in total. The van der Waals surface area contributed by atoms with Gasteiger partial charge in [-0.1, -0.05) is 12.1 Å². The highest BCUT2D eigenvalue weighted by atomic mass is 79.9. The molecular weight excluding hydrogens is 338 g/mol. The molecule has 3 rings (SSSR count). The predicted octanol–water partition coefficient (Wildman–Crippen LogP) is 4.38. The van der Waals surface area contributed by atoms with Crippen molar-refractivity contribution in [2.24, 2.45) is 0 Å². The first-order valence-electron chi connectivity index (χ1n) is 6.47. The fourth-order valence-corrected chi connectivity index (χ4v) is 3.56. The van der Waals surface area contributed by atoms with Crippen molar-refractivity contribution in [1.29, 1.82) is 0 Å². The normalized spacial score (nSPS) is 14.2. The highest BCUT2D eigenvalue weighted by Gasteiger charge is 2.32. The summed E-state index contributed by atoms with van der Waals surface area (Å²) in [6, 6.07) is 10.2. The zero-order valence-corrected chi connectivity index (χ0v) is 13.2. The molecule has 1 fully saturated rings. The minimum atomic E-state index is -0.885. The average Bonchev–Trinajstić information content (AvgIpc) is 3.12. The molecular formula is C15H14BrNO2S. The zero-order valence-electron chi connectivity index (χ0n) is 10.8. The molecule has 1 saturated carbocycles. The number of carboxylic acid groups (broad SMARTS) is 1. The van der Waals surface area contributed by atoms with E-state index in [1.807, 2.05) is 18.2 Å². The molecule has 1 N–H and O–H groups in total. The highest BCUT2D eigenvalue weighted by molar-refractivity contribution is 9.10. The summed E-state index contributed by atoms with van der Waals surface area (Å²) in [5.41, 5.74) is 1.17. The van der Waals surface area contributed by atoms with Crippen LogP contribution in [0.4, 0.5) is 5.69 Å². The van der Waals surface area contributed by atoms with Crippen LogP contribution in [-0.2, 0) is 6.54 Å². The summed E-state index contributed by atoms with van der Waals surface area (Å²) in [6.07, 6.45) is 2.27. The maximum atomic E-state index is 11.5. The molecule has 5 heteroatoms. The quantitative estimate of drug-likeness (QED) is 0.868. The van der Waals surface area contributed by atoms with Gasteiger partial charge in [-0.05, 0) is 52.4 Å². The number of carbonyl (C=O) groups is 1. The van der Waals surface area contributed by atoms with Crippen molar-refractivity contribution < 1.29 is 9.90 Å². The molecule has 1 aliphatic rings. The lowest BCUT2D eigenvalue weighted by atomic mass is 10.1. The van der Waals surface area contributed by atoms with Gasteiger partial charge in [0.15, 0.2) is 0 Å². The van der Waals surface area contributed by atoms with Crippen LogP contribution in [0.25, 0.3) is 0 Å². The lowest BCUT2D eigenvalue weighted by molar-refractivity contribution is 0.0696. The third-order valence-corrected chi connectivity index (χ3v) is 4.93. The molecule has 104 valence electrons. The Morgan fingerprint density at radius 3 is 2.75 bits per heavy atom. The molecule has 0 bridgehead atoms. The molecule has 1 aromatic carbocycles. The van der Waals surface area contributed by atoms with Crippen LogP contribution in [0.2, 0.25) is 0 Å². The van der Waals surface area contributed by atoms with E-state index in [1.54, 1.807) is 17.4 Å². The second kappa shape index (κ2) is 5.58. The summed E-state index contributed by atoms with van der Waals surface area (Å²) < 4.78 is 0.638. The van der Waals surface area contributed by atoms with Gasteiger partial charge < -0.3 is 10.0 Å². The Hall–Kier alpha value is -1.33. The number of thiophene rings is 1. The van der Waals surface area contributed by atoms with Gasteiger partial charge in [0, 0.05) is 15.4 Å². The van der Waals surface area contributed by atoms with Gasteiger partial charge in [0.25, 0.3) is 0 Å². The zero-order chi connectivity index (χ0) is 14.1. The molecule has 0 unspecified atom stereocenters. The number of hydrogen-bond acceptors (Lipinski definition) is 3. The Balaban J connectivity index is 1.99. The molecule has 0 radical (unpaired) electrons. The molecule has 1 aliphatic carbocycles. The average molecular weight is 352 g/mol. The summed E-state index contributed by atoms with van der Waals surface area (Å²) in [7, 11) is 0. The van der Waals surface area contributed by atoms with E-state index in [2.05, 4.69) is 32.3 Å². The molecule has 0 amide bonds. The van der Waals surface area contributed by atoms with E-state index in [0.717, 1.165) is 25.1 Å². The number of benzene rings is 1. The van der Waals surface area contributed by atoms with Crippen LogP contribution in [0.3, 0.4) is 0 Å². The third kappa shape index (κ3) is 2.74. The van der Waals surface area contributed by atoms with Crippen LogP contribution >= 0.6 is 27.3 Å². The van der Waals surface area contributed by atoms with Crippen LogP contribution in [-0.4, -0.2) is 17.1 Å². The van der Waals surface area contributed by atoms with Crippen LogP contribution in [0.5, 0.6) is 0 Å². The monoisotopic (exact) mass is 351 g/mol. The molecule has 0 saturated heterocycles. The van der Waals surface area contributed by atoms with Crippen LogP contribution in [0.15, 0.2) is 40.2 Å². The van der Waals surface area contributed by atoms with Crippen molar-refractivity contribution in [3.63, 3.8) is 0 Å². The van der Waals surface area contributed by atoms with Crippen molar-refractivity contribution in [3.05, 3.63) is 50.6 Å². The van der Waals surface area contributed by atoms with Crippen LogP contribution in [0, 0.1) is 0 Å². The molecule has 0 atom stereocenters. The molecule has 0 spiro atoms. The Morgan fingerprint density at radius 2 is 2.15 bits per heavy atom. The molecule has 0 aliphatic heterocycles. The Morgan fingerprint density at radius 1 is 1.35 bits per heavy atom. The first-order chi connectivity index (χ1) is 9.66. The topological polar surface area (TPSA) is 40.5 Å². The Kier molecular flexibility index (Phi) is 3.81. The SMILES string of the molecule is O=C(O)c1c(Br)cccc1N(Cc1cccs1)C1CC1. The first kappa shape index (κ1) is 13.6. The second-order valence-electron chi connectivity index (χ2n) is 4.88. The van der Waals surface area contributed by atoms with Gasteiger partial charge in [-0.25, -0.2) is 4.79 Å². The van der Waals surface area contributed by atoms with Gasteiger partial charge in [0.05, 0.1) is 17.8 Å². The second-order valence-corrected chi connectivity index (χ2v) is 6.76. The van der Waals surface area contributed by atoms with Gasteiger partial charge in [-0.15, -0.1) is 11.3 Å². The van der Waals surface area contributed by atoms with Crippen molar-refractivity contribution in [1.82, 2.24) is 0 Å².